The van der Waals surface area contributed by atoms with Crippen LogP contribution in [0.15, 0.2) is 66.9 Å². The van der Waals surface area contributed by atoms with Crippen LogP contribution in [0, 0.1) is 5.92 Å². The van der Waals surface area contributed by atoms with Crippen molar-refractivity contribution in [2.45, 2.75) is 57.5 Å². The van der Waals surface area contributed by atoms with Gasteiger partial charge in [0.2, 0.25) is 0 Å². The Morgan fingerprint density at radius 3 is 2.57 bits per heavy atom. The van der Waals surface area contributed by atoms with Crippen LogP contribution in [0.3, 0.4) is 0 Å². The van der Waals surface area contributed by atoms with Crippen LogP contribution < -0.4 is 0 Å². The molecule has 2 aromatic carbocycles. The summed E-state index contributed by atoms with van der Waals surface area (Å²) >= 11 is 0. The second-order valence-electron chi connectivity index (χ2n) is 8.75. The summed E-state index contributed by atoms with van der Waals surface area (Å²) in [7, 11) is 0. The zero-order chi connectivity index (χ0) is 20.3. The molecule has 5 nitrogen and oxygen atoms in total. The molecule has 3 aromatic rings. The van der Waals surface area contributed by atoms with Crippen molar-refractivity contribution in [3.05, 3.63) is 83.7 Å². The molecule has 1 saturated heterocycles. The summed E-state index contributed by atoms with van der Waals surface area (Å²) in [5, 5.41) is 8.91. The first-order valence-electron chi connectivity index (χ1n) is 11.1. The number of nitrogens with zero attached hydrogens (tertiary/aromatic N) is 4. The molecule has 1 aliphatic heterocycles. The SMILES string of the molecule is C[C@@H](c1ccccc1)N1C[C@H](n2cc(COCc3ccccc3)nn2)[C@@H]2CC[C@H]1C2. The van der Waals surface area contributed by atoms with E-state index < -0.39 is 0 Å². The first kappa shape index (κ1) is 19.5. The summed E-state index contributed by atoms with van der Waals surface area (Å²) < 4.78 is 7.97. The maximum atomic E-state index is 5.86. The van der Waals surface area contributed by atoms with Crippen LogP contribution in [0.5, 0.6) is 0 Å². The Hall–Kier alpha value is -2.50. The van der Waals surface area contributed by atoms with E-state index in [4.69, 9.17) is 4.74 Å². The molecule has 0 spiro atoms. The van der Waals surface area contributed by atoms with Gasteiger partial charge in [-0.25, -0.2) is 4.68 Å². The van der Waals surface area contributed by atoms with Crippen molar-refractivity contribution in [1.29, 1.82) is 0 Å². The Kier molecular flexibility index (Phi) is 5.65. The van der Waals surface area contributed by atoms with Gasteiger partial charge in [-0.05, 0) is 43.2 Å². The maximum Gasteiger partial charge on any atom is 0.108 e. The van der Waals surface area contributed by atoms with Gasteiger partial charge >= 0.3 is 0 Å². The molecule has 5 heteroatoms. The molecule has 2 heterocycles. The number of hydrogen-bond donors (Lipinski definition) is 0. The summed E-state index contributed by atoms with van der Waals surface area (Å²) in [5.41, 5.74) is 3.49. The standard InChI is InChI=1S/C25H30N4O/c1-19(21-10-6-3-7-11-21)28-16-25(22-12-13-24(28)14-22)29-15-23(26-27-29)18-30-17-20-8-4-2-5-9-20/h2-11,15,19,22,24-25H,12-14,16-18H2,1H3/t19-,22+,24-,25-/m0/s1. The largest absolute Gasteiger partial charge is 0.370 e. The fourth-order valence-corrected chi connectivity index (χ4v) is 5.24. The first-order chi connectivity index (χ1) is 14.8. The lowest BCUT2D eigenvalue weighted by molar-refractivity contribution is 0.0688. The molecule has 156 valence electrons. The molecule has 0 N–H and O–H groups in total. The number of rotatable bonds is 7. The molecule has 2 aliphatic rings. The zero-order valence-corrected chi connectivity index (χ0v) is 17.6. The molecular formula is C25H30N4O. The summed E-state index contributed by atoms with van der Waals surface area (Å²) in [6.07, 6.45) is 5.94. The van der Waals surface area contributed by atoms with Crippen LogP contribution >= 0.6 is 0 Å². The van der Waals surface area contributed by atoms with Gasteiger partial charge in [0.1, 0.15) is 5.69 Å². The minimum Gasteiger partial charge on any atom is -0.370 e. The highest BCUT2D eigenvalue weighted by molar-refractivity contribution is 5.19. The lowest BCUT2D eigenvalue weighted by atomic mass is 9.91. The molecule has 0 unspecified atom stereocenters. The fraction of sp³-hybridized carbons (Fsp3) is 0.440. The van der Waals surface area contributed by atoms with Crippen molar-refractivity contribution in [2.75, 3.05) is 6.54 Å². The van der Waals surface area contributed by atoms with Crippen LogP contribution in [0.25, 0.3) is 0 Å². The average molecular weight is 403 g/mol. The average Bonchev–Trinajstić information content (AvgIpc) is 3.43. The third-order valence-electron chi connectivity index (χ3n) is 6.90. The molecule has 2 bridgehead atoms. The Morgan fingerprint density at radius 1 is 1.00 bits per heavy atom. The van der Waals surface area contributed by atoms with Crippen molar-refractivity contribution in [2.24, 2.45) is 5.92 Å². The predicted molar refractivity (Wildman–Crippen MR) is 117 cm³/mol. The minimum atomic E-state index is 0.394. The number of hydrogen-bond acceptors (Lipinski definition) is 4. The number of ether oxygens (including phenoxy) is 1. The van der Waals surface area contributed by atoms with E-state index in [-0.39, 0.29) is 0 Å². The Morgan fingerprint density at radius 2 is 1.77 bits per heavy atom. The zero-order valence-electron chi connectivity index (χ0n) is 17.6. The predicted octanol–water partition coefficient (Wildman–Crippen LogP) is 4.78. The first-order valence-corrected chi connectivity index (χ1v) is 11.1. The number of aromatic nitrogens is 3. The van der Waals surface area contributed by atoms with Gasteiger partial charge in [0.25, 0.3) is 0 Å². The van der Waals surface area contributed by atoms with Gasteiger partial charge in [-0.1, -0.05) is 65.9 Å². The fourth-order valence-electron chi connectivity index (χ4n) is 5.24. The van der Waals surface area contributed by atoms with E-state index in [1.807, 2.05) is 18.2 Å². The second kappa shape index (κ2) is 8.70. The molecule has 0 radical (unpaired) electrons. The highest BCUT2D eigenvalue weighted by atomic mass is 16.5. The van der Waals surface area contributed by atoms with E-state index in [1.54, 1.807) is 0 Å². The molecule has 1 aromatic heterocycles. The van der Waals surface area contributed by atoms with Crippen molar-refractivity contribution >= 4 is 0 Å². The molecule has 30 heavy (non-hydrogen) atoms. The molecule has 1 saturated carbocycles. The summed E-state index contributed by atoms with van der Waals surface area (Å²) in [5.74, 6) is 0.703. The van der Waals surface area contributed by atoms with Gasteiger partial charge in [0, 0.05) is 18.6 Å². The molecule has 5 rings (SSSR count). The van der Waals surface area contributed by atoms with E-state index in [1.165, 1.54) is 30.4 Å². The van der Waals surface area contributed by atoms with Gasteiger partial charge in [0.15, 0.2) is 0 Å². The highest BCUT2D eigenvalue weighted by Crippen LogP contribution is 2.45. The summed E-state index contributed by atoms with van der Waals surface area (Å²) in [6, 6.07) is 22.6. The van der Waals surface area contributed by atoms with E-state index >= 15 is 0 Å². The maximum absolute atomic E-state index is 5.86. The number of likely N-dealkylation sites (tertiary alicyclic amines) is 1. The van der Waals surface area contributed by atoms with Crippen molar-refractivity contribution in [3.8, 4) is 0 Å². The number of piperidine rings is 1. The van der Waals surface area contributed by atoms with E-state index in [0.717, 1.165) is 12.2 Å². The van der Waals surface area contributed by atoms with Crippen molar-refractivity contribution < 1.29 is 4.74 Å². The van der Waals surface area contributed by atoms with Crippen LogP contribution in [0.1, 0.15) is 55.1 Å². The third kappa shape index (κ3) is 4.05. The van der Waals surface area contributed by atoms with Gasteiger partial charge in [-0.3, -0.25) is 4.90 Å². The monoisotopic (exact) mass is 402 g/mol. The number of fused-ring (bicyclic) bond motifs is 2. The molecule has 0 amide bonds. The molecule has 2 fully saturated rings. The Balaban J connectivity index is 1.25. The highest BCUT2D eigenvalue weighted by Gasteiger charge is 2.43. The van der Waals surface area contributed by atoms with Crippen LogP contribution in [-0.4, -0.2) is 32.5 Å². The molecule has 4 atom stereocenters. The van der Waals surface area contributed by atoms with Gasteiger partial charge in [-0.15, -0.1) is 5.10 Å². The van der Waals surface area contributed by atoms with Gasteiger partial charge in [0.05, 0.1) is 25.5 Å². The van der Waals surface area contributed by atoms with Crippen LogP contribution in [0.2, 0.25) is 0 Å². The topological polar surface area (TPSA) is 43.2 Å². The second-order valence-corrected chi connectivity index (χ2v) is 8.75. The lowest BCUT2D eigenvalue weighted by Gasteiger charge is -2.42. The van der Waals surface area contributed by atoms with E-state index in [0.29, 0.717) is 37.3 Å². The van der Waals surface area contributed by atoms with Crippen molar-refractivity contribution in [3.63, 3.8) is 0 Å². The third-order valence-corrected chi connectivity index (χ3v) is 6.90. The Bertz CT molecular complexity index is 942. The minimum absolute atomic E-state index is 0.394. The number of benzene rings is 2. The van der Waals surface area contributed by atoms with E-state index in [2.05, 4.69) is 75.5 Å². The molecule has 1 aliphatic carbocycles. The van der Waals surface area contributed by atoms with E-state index in [9.17, 15) is 0 Å². The van der Waals surface area contributed by atoms with Crippen molar-refractivity contribution in [1.82, 2.24) is 19.9 Å². The van der Waals surface area contributed by atoms with Gasteiger partial charge < -0.3 is 4.74 Å². The van der Waals surface area contributed by atoms with Crippen LogP contribution in [0.4, 0.5) is 0 Å². The smallest absolute Gasteiger partial charge is 0.108 e. The van der Waals surface area contributed by atoms with Crippen LogP contribution in [-0.2, 0) is 18.0 Å². The van der Waals surface area contributed by atoms with Gasteiger partial charge in [-0.2, -0.15) is 0 Å². The summed E-state index contributed by atoms with van der Waals surface area (Å²) in [6.45, 7) is 4.48. The summed E-state index contributed by atoms with van der Waals surface area (Å²) in [4.78, 5) is 2.69. The lowest BCUT2D eigenvalue weighted by Crippen LogP contribution is -2.45. The Labute approximate surface area is 178 Å². The normalized spacial score (nSPS) is 24.8. The quantitative estimate of drug-likeness (QED) is 0.570. The molecular weight excluding hydrogens is 372 g/mol.